The molecule has 1 unspecified atom stereocenters. The minimum atomic E-state index is -0.747. The van der Waals surface area contributed by atoms with E-state index in [1.165, 1.54) is 19.2 Å². The molecule has 0 aliphatic heterocycles. The zero-order valence-electron chi connectivity index (χ0n) is 10.5. The molecule has 0 spiro atoms. The van der Waals surface area contributed by atoms with Crippen molar-refractivity contribution in [1.29, 1.82) is 0 Å². The van der Waals surface area contributed by atoms with Gasteiger partial charge in [0.05, 0.1) is 18.2 Å². The summed E-state index contributed by atoms with van der Waals surface area (Å²) >= 11 is 17.9. The van der Waals surface area contributed by atoms with Crippen molar-refractivity contribution in [2.24, 2.45) is 5.73 Å². The highest BCUT2D eigenvalue weighted by Gasteiger charge is 2.18. The number of ether oxygens (including phenoxy) is 1. The predicted octanol–water partition coefficient (Wildman–Crippen LogP) is 4.84. The summed E-state index contributed by atoms with van der Waals surface area (Å²) in [5, 5.41) is 1.02. The average Bonchev–Trinajstić information content (AvgIpc) is 2.40. The van der Waals surface area contributed by atoms with Gasteiger partial charge in [-0.1, -0.05) is 40.9 Å². The summed E-state index contributed by atoms with van der Waals surface area (Å²) in [7, 11) is 1.48. The Kier molecular flexibility index (Phi) is 4.76. The van der Waals surface area contributed by atoms with Crippen LogP contribution in [-0.4, -0.2) is 7.11 Å². The van der Waals surface area contributed by atoms with Crippen LogP contribution in [0.1, 0.15) is 17.2 Å². The summed E-state index contributed by atoms with van der Waals surface area (Å²) in [6.45, 7) is 0. The molecule has 0 amide bonds. The summed E-state index contributed by atoms with van der Waals surface area (Å²) in [6, 6.07) is 6.67. The van der Waals surface area contributed by atoms with E-state index in [0.29, 0.717) is 26.4 Å². The van der Waals surface area contributed by atoms with Gasteiger partial charge in [0.2, 0.25) is 0 Å². The van der Waals surface area contributed by atoms with Crippen molar-refractivity contribution in [1.82, 2.24) is 0 Å². The molecule has 2 nitrogen and oxygen atoms in total. The molecule has 0 bridgehead atoms. The molecule has 0 fully saturated rings. The fourth-order valence-corrected chi connectivity index (χ4v) is 2.54. The topological polar surface area (TPSA) is 35.2 Å². The number of methoxy groups -OCH3 is 1. The van der Waals surface area contributed by atoms with E-state index in [9.17, 15) is 4.39 Å². The molecule has 2 aromatic carbocycles. The Morgan fingerprint density at radius 2 is 1.75 bits per heavy atom. The molecular weight excluding hydrogens is 324 g/mol. The molecule has 6 heteroatoms. The first-order valence-electron chi connectivity index (χ1n) is 5.67. The van der Waals surface area contributed by atoms with Gasteiger partial charge in [0.1, 0.15) is 11.6 Å². The third kappa shape index (κ3) is 3.01. The lowest BCUT2D eigenvalue weighted by Gasteiger charge is -2.17. The van der Waals surface area contributed by atoms with E-state index < -0.39 is 11.9 Å². The van der Waals surface area contributed by atoms with E-state index in [1.54, 1.807) is 18.2 Å². The first-order valence-corrected chi connectivity index (χ1v) is 6.81. The smallest absolute Gasteiger partial charge is 0.138 e. The Morgan fingerprint density at radius 3 is 2.35 bits per heavy atom. The van der Waals surface area contributed by atoms with Gasteiger partial charge in [-0.05, 0) is 23.8 Å². The normalized spacial score (nSPS) is 12.3. The molecule has 0 heterocycles. The highest BCUT2D eigenvalue weighted by molar-refractivity contribution is 6.34. The maximum absolute atomic E-state index is 13.9. The third-order valence-corrected chi connectivity index (χ3v) is 3.76. The number of nitrogens with two attached hydrogens (primary N) is 1. The van der Waals surface area contributed by atoms with E-state index >= 15 is 0 Å². The largest absolute Gasteiger partial charge is 0.495 e. The Labute approximate surface area is 131 Å². The van der Waals surface area contributed by atoms with Crippen LogP contribution in [0.25, 0.3) is 0 Å². The van der Waals surface area contributed by atoms with Crippen LogP contribution in [-0.2, 0) is 0 Å². The Morgan fingerprint density at radius 1 is 1.05 bits per heavy atom. The molecule has 2 rings (SSSR count). The number of hydrogen-bond acceptors (Lipinski definition) is 2. The van der Waals surface area contributed by atoms with Crippen molar-refractivity contribution in [3.05, 3.63) is 62.3 Å². The van der Waals surface area contributed by atoms with Crippen LogP contribution in [0, 0.1) is 5.82 Å². The Hall–Kier alpha value is -1.00. The van der Waals surface area contributed by atoms with E-state index in [2.05, 4.69) is 0 Å². The van der Waals surface area contributed by atoms with Gasteiger partial charge in [-0.2, -0.15) is 0 Å². The van der Waals surface area contributed by atoms with E-state index in [4.69, 9.17) is 45.3 Å². The summed E-state index contributed by atoms with van der Waals surface area (Å²) in [6.07, 6.45) is 0. The fraction of sp³-hybridized carbons (Fsp3) is 0.143. The number of benzene rings is 2. The highest BCUT2D eigenvalue weighted by atomic mass is 35.5. The molecule has 0 aliphatic rings. The highest BCUT2D eigenvalue weighted by Crippen LogP contribution is 2.36. The average molecular weight is 335 g/mol. The molecule has 2 aromatic rings. The fourth-order valence-electron chi connectivity index (χ4n) is 1.86. The second-order valence-corrected chi connectivity index (χ2v) is 5.40. The zero-order chi connectivity index (χ0) is 14.9. The van der Waals surface area contributed by atoms with Crippen molar-refractivity contribution >= 4 is 34.8 Å². The first kappa shape index (κ1) is 15.4. The van der Waals surface area contributed by atoms with Crippen LogP contribution in [0.2, 0.25) is 15.1 Å². The van der Waals surface area contributed by atoms with Crippen LogP contribution in [0.5, 0.6) is 5.75 Å². The van der Waals surface area contributed by atoms with Gasteiger partial charge in [0, 0.05) is 21.7 Å². The minimum absolute atomic E-state index is 0.289. The lowest BCUT2D eigenvalue weighted by atomic mass is 9.99. The van der Waals surface area contributed by atoms with Crippen LogP contribution in [0.4, 0.5) is 4.39 Å². The number of halogens is 4. The molecule has 0 saturated carbocycles. The standard InChI is InChI=1S/C14H11Cl3FNO/c1-20-13-6-10(16)9(5-11(13)17)14(19)8-3-2-7(15)4-12(8)18/h2-6,14H,19H2,1H3. The summed E-state index contributed by atoms with van der Waals surface area (Å²) in [5.41, 5.74) is 6.86. The van der Waals surface area contributed by atoms with Crippen LogP contribution in [0.15, 0.2) is 30.3 Å². The molecule has 0 radical (unpaired) electrons. The van der Waals surface area contributed by atoms with Crippen molar-refractivity contribution < 1.29 is 9.13 Å². The minimum Gasteiger partial charge on any atom is -0.495 e. The summed E-state index contributed by atoms with van der Waals surface area (Å²) in [5.74, 6) is -0.0581. The van der Waals surface area contributed by atoms with Gasteiger partial charge in [0.15, 0.2) is 0 Å². The lowest BCUT2D eigenvalue weighted by molar-refractivity contribution is 0.415. The zero-order valence-corrected chi connectivity index (χ0v) is 12.7. The monoisotopic (exact) mass is 333 g/mol. The quantitative estimate of drug-likeness (QED) is 0.871. The molecular formula is C14H11Cl3FNO. The molecule has 0 aliphatic carbocycles. The van der Waals surface area contributed by atoms with Gasteiger partial charge in [-0.15, -0.1) is 0 Å². The van der Waals surface area contributed by atoms with Crippen molar-refractivity contribution in [2.75, 3.05) is 7.11 Å². The maximum Gasteiger partial charge on any atom is 0.138 e. The van der Waals surface area contributed by atoms with Gasteiger partial charge in [0.25, 0.3) is 0 Å². The third-order valence-electron chi connectivity index (χ3n) is 2.90. The van der Waals surface area contributed by atoms with Crippen LogP contribution < -0.4 is 10.5 Å². The maximum atomic E-state index is 13.9. The van der Waals surface area contributed by atoms with Gasteiger partial charge in [-0.3, -0.25) is 0 Å². The van der Waals surface area contributed by atoms with E-state index in [1.807, 2.05) is 0 Å². The summed E-state index contributed by atoms with van der Waals surface area (Å²) in [4.78, 5) is 0. The second kappa shape index (κ2) is 6.19. The van der Waals surface area contributed by atoms with E-state index in [0.717, 1.165) is 0 Å². The van der Waals surface area contributed by atoms with Crippen molar-refractivity contribution in [2.45, 2.75) is 6.04 Å². The van der Waals surface area contributed by atoms with Crippen molar-refractivity contribution in [3.8, 4) is 5.75 Å². The SMILES string of the molecule is COc1cc(Cl)c(C(N)c2ccc(Cl)cc2F)cc1Cl. The number of rotatable bonds is 3. The summed E-state index contributed by atoms with van der Waals surface area (Å²) < 4.78 is 19.0. The molecule has 106 valence electrons. The van der Waals surface area contributed by atoms with Gasteiger partial charge < -0.3 is 10.5 Å². The molecule has 1 atom stereocenters. The first-order chi connectivity index (χ1) is 9.43. The number of hydrogen-bond donors (Lipinski definition) is 1. The van der Waals surface area contributed by atoms with Gasteiger partial charge >= 0.3 is 0 Å². The Bertz CT molecular complexity index is 649. The second-order valence-electron chi connectivity index (χ2n) is 4.15. The van der Waals surface area contributed by atoms with Crippen molar-refractivity contribution in [3.63, 3.8) is 0 Å². The van der Waals surface area contributed by atoms with Crippen LogP contribution in [0.3, 0.4) is 0 Å². The predicted molar refractivity (Wildman–Crippen MR) is 80.5 cm³/mol. The van der Waals surface area contributed by atoms with E-state index in [-0.39, 0.29) is 5.56 Å². The molecule has 0 saturated heterocycles. The van der Waals surface area contributed by atoms with Gasteiger partial charge in [-0.25, -0.2) is 4.39 Å². The lowest BCUT2D eigenvalue weighted by Crippen LogP contribution is -2.14. The Balaban J connectivity index is 2.48. The van der Waals surface area contributed by atoms with Crippen LogP contribution >= 0.6 is 34.8 Å². The molecule has 0 aromatic heterocycles. The molecule has 2 N–H and O–H groups in total. The molecule has 20 heavy (non-hydrogen) atoms.